The second-order valence-electron chi connectivity index (χ2n) is 4.47. The van der Waals surface area contributed by atoms with Crippen molar-refractivity contribution in [2.45, 2.75) is 26.9 Å². The summed E-state index contributed by atoms with van der Waals surface area (Å²) in [6.45, 7) is 5.55. The van der Waals surface area contributed by atoms with Crippen LogP contribution in [0.15, 0.2) is 23.6 Å². The highest BCUT2D eigenvalue weighted by atomic mass is 32.1. The molecular weight excluding hydrogens is 260 g/mol. The number of carbonyl (C=O) groups is 1. The number of para-hydroxylation sites is 1. The third kappa shape index (κ3) is 2.93. The first-order valence-electron chi connectivity index (χ1n) is 6.01. The molecule has 1 aromatic carbocycles. The maximum Gasteiger partial charge on any atom is 0.340 e. The van der Waals surface area contributed by atoms with E-state index in [0.717, 1.165) is 16.3 Å². The molecule has 2 N–H and O–H groups in total. The summed E-state index contributed by atoms with van der Waals surface area (Å²) in [5.74, 6) is -0.402. The van der Waals surface area contributed by atoms with Gasteiger partial charge in [0, 0.05) is 10.9 Å². The third-order valence-electron chi connectivity index (χ3n) is 2.56. The van der Waals surface area contributed by atoms with Crippen LogP contribution in [0.25, 0.3) is 11.3 Å². The van der Waals surface area contributed by atoms with Crippen molar-refractivity contribution in [1.29, 1.82) is 0 Å². The minimum absolute atomic E-state index is 0.169. The number of benzene rings is 1. The predicted octanol–water partition coefficient (Wildman–Crippen LogP) is 3.27. The van der Waals surface area contributed by atoms with E-state index in [-0.39, 0.29) is 6.10 Å². The van der Waals surface area contributed by atoms with Crippen LogP contribution in [0.4, 0.5) is 5.69 Å². The number of thiazole rings is 1. The highest BCUT2D eigenvalue weighted by Gasteiger charge is 2.16. The van der Waals surface area contributed by atoms with Gasteiger partial charge in [0.1, 0.15) is 0 Å². The average Bonchev–Trinajstić information content (AvgIpc) is 2.75. The van der Waals surface area contributed by atoms with Gasteiger partial charge in [-0.2, -0.15) is 0 Å². The molecule has 4 nitrogen and oxygen atoms in total. The van der Waals surface area contributed by atoms with E-state index < -0.39 is 5.97 Å². The van der Waals surface area contributed by atoms with Gasteiger partial charge >= 0.3 is 5.97 Å². The summed E-state index contributed by atoms with van der Waals surface area (Å²) in [5, 5.41) is 2.89. The summed E-state index contributed by atoms with van der Waals surface area (Å²) in [5.41, 5.74) is 8.42. The SMILES string of the molecule is Cc1nc(-c2cccc(C(=O)OC(C)C)c2N)cs1. The van der Waals surface area contributed by atoms with E-state index in [2.05, 4.69) is 4.98 Å². The van der Waals surface area contributed by atoms with Gasteiger partial charge in [-0.3, -0.25) is 0 Å². The van der Waals surface area contributed by atoms with Gasteiger partial charge in [-0.1, -0.05) is 12.1 Å². The molecule has 0 unspecified atom stereocenters. The first kappa shape index (κ1) is 13.5. The fourth-order valence-electron chi connectivity index (χ4n) is 1.73. The number of nitrogen functional groups attached to an aromatic ring is 1. The van der Waals surface area contributed by atoms with Gasteiger partial charge in [0.25, 0.3) is 0 Å². The number of esters is 1. The van der Waals surface area contributed by atoms with E-state index in [1.54, 1.807) is 23.5 Å². The lowest BCUT2D eigenvalue weighted by molar-refractivity contribution is 0.0379. The summed E-state index contributed by atoms with van der Waals surface area (Å²) >= 11 is 1.55. The second-order valence-corrected chi connectivity index (χ2v) is 5.53. The summed E-state index contributed by atoms with van der Waals surface area (Å²) in [4.78, 5) is 16.3. The normalized spacial score (nSPS) is 10.7. The highest BCUT2D eigenvalue weighted by molar-refractivity contribution is 7.09. The quantitative estimate of drug-likeness (QED) is 0.690. The van der Waals surface area contributed by atoms with Crippen LogP contribution in [0.3, 0.4) is 0 Å². The fourth-order valence-corrected chi connectivity index (χ4v) is 2.34. The molecule has 0 aliphatic heterocycles. The zero-order valence-corrected chi connectivity index (χ0v) is 12.0. The van der Waals surface area contributed by atoms with Crippen LogP contribution in [0.2, 0.25) is 0 Å². The van der Waals surface area contributed by atoms with Gasteiger partial charge in [-0.05, 0) is 26.8 Å². The number of nitrogens with zero attached hydrogens (tertiary/aromatic N) is 1. The summed E-state index contributed by atoms with van der Waals surface area (Å²) in [6, 6.07) is 5.32. The van der Waals surface area contributed by atoms with Crippen molar-refractivity contribution < 1.29 is 9.53 Å². The van der Waals surface area contributed by atoms with Crippen molar-refractivity contribution in [3.05, 3.63) is 34.2 Å². The maximum absolute atomic E-state index is 11.9. The zero-order valence-electron chi connectivity index (χ0n) is 11.1. The van der Waals surface area contributed by atoms with Crippen LogP contribution in [0.5, 0.6) is 0 Å². The van der Waals surface area contributed by atoms with Crippen molar-refractivity contribution in [1.82, 2.24) is 4.98 Å². The number of anilines is 1. The molecule has 1 aromatic heterocycles. The fraction of sp³-hybridized carbons (Fsp3) is 0.286. The molecule has 0 aliphatic carbocycles. The zero-order chi connectivity index (χ0) is 14.0. The number of aromatic nitrogens is 1. The molecule has 2 aromatic rings. The van der Waals surface area contributed by atoms with E-state index >= 15 is 0 Å². The molecular formula is C14H16N2O2S. The second kappa shape index (κ2) is 5.40. The van der Waals surface area contributed by atoms with Crippen molar-refractivity contribution in [2.75, 3.05) is 5.73 Å². The Morgan fingerprint density at radius 1 is 1.42 bits per heavy atom. The standard InChI is InChI=1S/C14H16N2O2S/c1-8(2)18-14(17)11-6-4-5-10(13(11)15)12-7-19-9(3)16-12/h4-8H,15H2,1-3H3. The highest BCUT2D eigenvalue weighted by Crippen LogP contribution is 2.29. The summed E-state index contributed by atoms with van der Waals surface area (Å²) in [6.07, 6.45) is -0.169. The molecule has 0 bridgehead atoms. The van der Waals surface area contributed by atoms with Crippen LogP contribution in [0, 0.1) is 6.92 Å². The largest absolute Gasteiger partial charge is 0.459 e. The molecule has 0 radical (unpaired) electrons. The molecule has 100 valence electrons. The number of carbonyl (C=O) groups excluding carboxylic acids is 1. The Morgan fingerprint density at radius 3 is 2.74 bits per heavy atom. The molecule has 5 heteroatoms. The lowest BCUT2D eigenvalue weighted by Gasteiger charge is -2.11. The molecule has 0 amide bonds. The van der Waals surface area contributed by atoms with Crippen LogP contribution in [0.1, 0.15) is 29.2 Å². The average molecular weight is 276 g/mol. The molecule has 0 spiro atoms. The number of nitrogens with two attached hydrogens (primary N) is 1. The van der Waals surface area contributed by atoms with Crippen molar-refractivity contribution in [3.8, 4) is 11.3 Å². The van der Waals surface area contributed by atoms with Crippen molar-refractivity contribution >= 4 is 23.0 Å². The van der Waals surface area contributed by atoms with Crippen molar-refractivity contribution in [2.24, 2.45) is 0 Å². The maximum atomic E-state index is 11.9. The van der Waals surface area contributed by atoms with Gasteiger partial charge in [-0.25, -0.2) is 9.78 Å². The lowest BCUT2D eigenvalue weighted by Crippen LogP contribution is -2.13. The van der Waals surface area contributed by atoms with Gasteiger partial charge < -0.3 is 10.5 Å². The smallest absolute Gasteiger partial charge is 0.340 e. The Balaban J connectivity index is 2.41. The van der Waals surface area contributed by atoms with E-state index in [1.165, 1.54) is 0 Å². The Morgan fingerprint density at radius 2 is 2.16 bits per heavy atom. The molecule has 0 aliphatic rings. The minimum Gasteiger partial charge on any atom is -0.459 e. The first-order chi connectivity index (χ1) is 8.99. The summed E-state index contributed by atoms with van der Waals surface area (Å²) in [7, 11) is 0. The van der Waals surface area contributed by atoms with Crippen LogP contribution in [-0.4, -0.2) is 17.1 Å². The number of aryl methyl sites for hydroxylation is 1. The van der Waals surface area contributed by atoms with E-state index in [0.29, 0.717) is 11.3 Å². The van der Waals surface area contributed by atoms with Crippen molar-refractivity contribution in [3.63, 3.8) is 0 Å². The van der Waals surface area contributed by atoms with Crippen LogP contribution >= 0.6 is 11.3 Å². The number of ether oxygens (including phenoxy) is 1. The first-order valence-corrected chi connectivity index (χ1v) is 6.89. The van der Waals surface area contributed by atoms with Gasteiger partial charge in [0.15, 0.2) is 0 Å². The van der Waals surface area contributed by atoms with E-state index in [1.807, 2.05) is 32.2 Å². The molecule has 0 fully saturated rings. The Labute approximate surface area is 116 Å². The molecule has 0 saturated carbocycles. The van der Waals surface area contributed by atoms with Crippen LogP contribution < -0.4 is 5.73 Å². The predicted molar refractivity (Wildman–Crippen MR) is 77.3 cm³/mol. The lowest BCUT2D eigenvalue weighted by atomic mass is 10.1. The minimum atomic E-state index is -0.402. The Hall–Kier alpha value is -1.88. The monoisotopic (exact) mass is 276 g/mol. The third-order valence-corrected chi connectivity index (χ3v) is 3.34. The van der Waals surface area contributed by atoms with E-state index in [4.69, 9.17) is 10.5 Å². The number of hydrogen-bond acceptors (Lipinski definition) is 5. The molecule has 0 saturated heterocycles. The Kier molecular flexibility index (Phi) is 3.85. The topological polar surface area (TPSA) is 65.2 Å². The number of rotatable bonds is 3. The number of hydrogen-bond donors (Lipinski definition) is 1. The van der Waals surface area contributed by atoms with Gasteiger partial charge in [-0.15, -0.1) is 11.3 Å². The molecule has 2 rings (SSSR count). The van der Waals surface area contributed by atoms with E-state index in [9.17, 15) is 4.79 Å². The Bertz CT molecular complexity index is 605. The molecule has 19 heavy (non-hydrogen) atoms. The molecule has 0 atom stereocenters. The van der Waals surface area contributed by atoms with Gasteiger partial charge in [0.2, 0.25) is 0 Å². The van der Waals surface area contributed by atoms with Crippen LogP contribution in [-0.2, 0) is 4.74 Å². The molecule has 1 heterocycles. The van der Waals surface area contributed by atoms with Gasteiger partial charge in [0.05, 0.1) is 28.1 Å². The summed E-state index contributed by atoms with van der Waals surface area (Å²) < 4.78 is 5.18.